The van der Waals surface area contributed by atoms with Crippen LogP contribution in [0.15, 0.2) is 42.9 Å². The summed E-state index contributed by atoms with van der Waals surface area (Å²) in [6.07, 6.45) is 5.27. The van der Waals surface area contributed by atoms with Crippen LogP contribution in [0.3, 0.4) is 0 Å². The van der Waals surface area contributed by atoms with E-state index in [4.69, 9.17) is 0 Å². The van der Waals surface area contributed by atoms with E-state index in [-0.39, 0.29) is 5.91 Å². The van der Waals surface area contributed by atoms with Gasteiger partial charge in [0, 0.05) is 36.0 Å². The molecular weight excluding hydrogens is 292 g/mol. The molecule has 4 aromatic rings. The van der Waals surface area contributed by atoms with E-state index >= 15 is 0 Å². The molecule has 0 aliphatic heterocycles. The maximum Gasteiger partial charge on any atom is 0.217 e. The Hall–Kier alpha value is -3.22. The Morgan fingerprint density at radius 2 is 2.17 bits per heavy atom. The van der Waals surface area contributed by atoms with Crippen LogP contribution in [0.25, 0.3) is 27.7 Å². The van der Waals surface area contributed by atoms with Gasteiger partial charge >= 0.3 is 0 Å². The molecule has 4 rings (SSSR count). The fraction of sp³-hybridized carbons (Fsp3) is 0.125. The molecule has 4 aromatic heterocycles. The van der Waals surface area contributed by atoms with Crippen LogP contribution in [0.4, 0.5) is 0 Å². The zero-order valence-corrected chi connectivity index (χ0v) is 12.4. The zero-order chi connectivity index (χ0) is 15.8. The molecular formula is C16H14N6O. The van der Waals surface area contributed by atoms with Crippen LogP contribution < -0.4 is 5.32 Å². The molecule has 114 valence electrons. The Morgan fingerprint density at radius 1 is 1.26 bits per heavy atom. The Balaban J connectivity index is 1.85. The molecule has 2 N–H and O–H groups in total. The van der Waals surface area contributed by atoms with Crippen LogP contribution in [0.1, 0.15) is 12.6 Å². The van der Waals surface area contributed by atoms with Gasteiger partial charge in [-0.3, -0.25) is 4.79 Å². The molecule has 0 unspecified atom stereocenters. The Morgan fingerprint density at radius 3 is 3.04 bits per heavy atom. The van der Waals surface area contributed by atoms with E-state index in [1.807, 2.05) is 24.3 Å². The third-order valence-corrected chi connectivity index (χ3v) is 3.71. The summed E-state index contributed by atoms with van der Waals surface area (Å²) in [5.41, 5.74) is 4.65. The van der Waals surface area contributed by atoms with Crippen molar-refractivity contribution in [1.82, 2.24) is 30.1 Å². The number of H-pyrrole nitrogens is 1. The number of fused-ring (bicyclic) bond motifs is 2. The molecule has 0 bridgehead atoms. The van der Waals surface area contributed by atoms with Crippen LogP contribution in [0.2, 0.25) is 0 Å². The fourth-order valence-corrected chi connectivity index (χ4v) is 2.67. The van der Waals surface area contributed by atoms with Crippen molar-refractivity contribution >= 4 is 22.5 Å². The van der Waals surface area contributed by atoms with Crippen molar-refractivity contribution in [3.8, 4) is 11.1 Å². The second kappa shape index (κ2) is 5.20. The molecule has 4 heterocycles. The van der Waals surface area contributed by atoms with E-state index in [2.05, 4.69) is 25.5 Å². The van der Waals surface area contributed by atoms with Gasteiger partial charge in [0.05, 0.1) is 18.3 Å². The molecule has 0 aliphatic rings. The van der Waals surface area contributed by atoms with Gasteiger partial charge < -0.3 is 10.3 Å². The number of nitrogens with zero attached hydrogens (tertiary/aromatic N) is 4. The molecule has 7 nitrogen and oxygen atoms in total. The standard InChI is InChI=1S/C16H14N6O/c1-10(23)18-8-11-7-13-12(4-6-17-16(13)21-11)14-9-20-22-15(14)3-2-5-19-22/h2-7,9H,8H2,1H3,(H,17,21)(H,18,23). The van der Waals surface area contributed by atoms with Gasteiger partial charge in [0.1, 0.15) is 5.65 Å². The summed E-state index contributed by atoms with van der Waals surface area (Å²) in [6, 6.07) is 7.83. The lowest BCUT2D eigenvalue weighted by atomic mass is 10.1. The fourth-order valence-electron chi connectivity index (χ4n) is 2.67. The van der Waals surface area contributed by atoms with E-state index in [9.17, 15) is 4.79 Å². The number of hydrogen-bond acceptors (Lipinski definition) is 4. The van der Waals surface area contributed by atoms with Gasteiger partial charge in [0.15, 0.2) is 0 Å². The Kier molecular flexibility index (Phi) is 3.04. The highest BCUT2D eigenvalue weighted by molar-refractivity contribution is 5.97. The minimum absolute atomic E-state index is 0.0643. The average Bonchev–Trinajstić information content (AvgIpc) is 3.16. The molecule has 0 saturated heterocycles. The van der Waals surface area contributed by atoms with Gasteiger partial charge in [0.2, 0.25) is 5.91 Å². The van der Waals surface area contributed by atoms with Gasteiger partial charge in [-0.05, 0) is 29.8 Å². The van der Waals surface area contributed by atoms with Crippen molar-refractivity contribution in [1.29, 1.82) is 0 Å². The number of nitrogens with one attached hydrogen (secondary N) is 2. The lowest BCUT2D eigenvalue weighted by molar-refractivity contribution is -0.119. The van der Waals surface area contributed by atoms with Crippen LogP contribution >= 0.6 is 0 Å². The molecule has 0 aromatic carbocycles. The number of amides is 1. The summed E-state index contributed by atoms with van der Waals surface area (Å²) in [6.45, 7) is 1.94. The monoisotopic (exact) mass is 306 g/mol. The highest BCUT2D eigenvalue weighted by Crippen LogP contribution is 2.30. The molecule has 0 atom stereocenters. The Bertz CT molecular complexity index is 1020. The van der Waals surface area contributed by atoms with Crippen molar-refractivity contribution in [2.24, 2.45) is 0 Å². The third kappa shape index (κ3) is 2.32. The van der Waals surface area contributed by atoms with E-state index < -0.39 is 0 Å². The van der Waals surface area contributed by atoms with Gasteiger partial charge in [-0.25, -0.2) is 4.98 Å². The summed E-state index contributed by atoms with van der Waals surface area (Å²) >= 11 is 0. The number of carbonyl (C=O) groups is 1. The average molecular weight is 306 g/mol. The molecule has 0 radical (unpaired) electrons. The van der Waals surface area contributed by atoms with Gasteiger partial charge in [-0.2, -0.15) is 14.8 Å². The SMILES string of the molecule is CC(=O)NCc1cc2c(-c3cnn4ncccc34)ccnc2[nH]1. The smallest absolute Gasteiger partial charge is 0.217 e. The Labute approximate surface area is 131 Å². The van der Waals surface area contributed by atoms with Crippen LogP contribution in [-0.4, -0.2) is 30.7 Å². The van der Waals surface area contributed by atoms with Crippen LogP contribution in [0, 0.1) is 0 Å². The van der Waals surface area contributed by atoms with Crippen molar-refractivity contribution < 1.29 is 4.79 Å². The number of aromatic nitrogens is 5. The first-order valence-corrected chi connectivity index (χ1v) is 7.23. The lowest BCUT2D eigenvalue weighted by Crippen LogP contribution is -2.18. The third-order valence-electron chi connectivity index (χ3n) is 3.71. The predicted molar refractivity (Wildman–Crippen MR) is 85.6 cm³/mol. The maximum atomic E-state index is 11.1. The first-order chi connectivity index (χ1) is 11.2. The van der Waals surface area contributed by atoms with Crippen molar-refractivity contribution in [2.45, 2.75) is 13.5 Å². The summed E-state index contributed by atoms with van der Waals surface area (Å²) < 4.78 is 1.60. The van der Waals surface area contributed by atoms with Crippen molar-refractivity contribution in [3.63, 3.8) is 0 Å². The van der Waals surface area contributed by atoms with Crippen LogP contribution in [-0.2, 0) is 11.3 Å². The summed E-state index contributed by atoms with van der Waals surface area (Å²) in [5, 5.41) is 12.3. The number of carbonyl (C=O) groups excluding carboxylic acids is 1. The van der Waals surface area contributed by atoms with E-state index in [0.717, 1.165) is 33.4 Å². The number of pyridine rings is 1. The quantitative estimate of drug-likeness (QED) is 0.605. The van der Waals surface area contributed by atoms with E-state index in [1.54, 1.807) is 23.2 Å². The first kappa shape index (κ1) is 13.4. The molecule has 7 heteroatoms. The van der Waals surface area contributed by atoms with Gasteiger partial charge in [-0.1, -0.05) is 0 Å². The minimum Gasteiger partial charge on any atom is -0.351 e. The molecule has 0 saturated carbocycles. The van der Waals surface area contributed by atoms with Crippen LogP contribution in [0.5, 0.6) is 0 Å². The second-order valence-corrected chi connectivity index (χ2v) is 5.28. The normalized spacial score (nSPS) is 11.2. The largest absolute Gasteiger partial charge is 0.351 e. The van der Waals surface area contributed by atoms with E-state index in [0.29, 0.717) is 6.54 Å². The summed E-state index contributed by atoms with van der Waals surface area (Å²) in [5.74, 6) is -0.0643. The highest BCUT2D eigenvalue weighted by Gasteiger charge is 2.13. The predicted octanol–water partition coefficient (Wildman–Crippen LogP) is 1.91. The number of hydrogen-bond donors (Lipinski definition) is 2. The second-order valence-electron chi connectivity index (χ2n) is 5.28. The molecule has 0 aliphatic carbocycles. The number of rotatable bonds is 3. The van der Waals surface area contributed by atoms with Crippen molar-refractivity contribution in [3.05, 3.63) is 48.5 Å². The first-order valence-electron chi connectivity index (χ1n) is 7.23. The number of aromatic amines is 1. The molecule has 0 fully saturated rings. The zero-order valence-electron chi connectivity index (χ0n) is 12.4. The molecule has 1 amide bonds. The molecule has 0 spiro atoms. The maximum absolute atomic E-state index is 11.1. The lowest BCUT2D eigenvalue weighted by Gasteiger charge is -2.00. The van der Waals surface area contributed by atoms with Gasteiger partial charge in [-0.15, -0.1) is 0 Å². The summed E-state index contributed by atoms with van der Waals surface area (Å²) in [4.78, 5) is 18.7. The van der Waals surface area contributed by atoms with E-state index in [1.165, 1.54) is 6.92 Å². The van der Waals surface area contributed by atoms with Crippen molar-refractivity contribution in [2.75, 3.05) is 0 Å². The van der Waals surface area contributed by atoms with Gasteiger partial charge in [0.25, 0.3) is 0 Å². The topological polar surface area (TPSA) is 88.0 Å². The summed E-state index contributed by atoms with van der Waals surface area (Å²) in [7, 11) is 0. The minimum atomic E-state index is -0.0643. The molecule has 23 heavy (non-hydrogen) atoms. The highest BCUT2D eigenvalue weighted by atomic mass is 16.1.